The summed E-state index contributed by atoms with van der Waals surface area (Å²) in [5, 5.41) is 9.47. The number of hydrogen-bond acceptors (Lipinski definition) is 2. The van der Waals surface area contributed by atoms with E-state index in [0.717, 1.165) is 30.9 Å². The Kier molecular flexibility index (Phi) is 5.38. The van der Waals surface area contributed by atoms with E-state index >= 15 is 0 Å². The largest absolute Gasteiger partial charge is 0.198 e. The number of nitrogens with zero attached hydrogens (tertiary/aromatic N) is 1. The third-order valence-corrected chi connectivity index (χ3v) is 5.23. The molecule has 0 aromatic carbocycles. The molecule has 0 radical (unpaired) electrons. The monoisotopic (exact) mass is 253 g/mol. The molecule has 0 spiro atoms. The summed E-state index contributed by atoms with van der Waals surface area (Å²) in [5.41, 5.74) is 0.420. The second-order valence-corrected chi connectivity index (χ2v) is 7.87. The number of rotatable bonds is 4. The molecule has 1 rings (SSSR count). The normalized spacial score (nSPS) is 29.9. The Labute approximate surface area is 111 Å². The van der Waals surface area contributed by atoms with Gasteiger partial charge in [-0.25, -0.2) is 0 Å². The minimum absolute atomic E-state index is 0.00389. The van der Waals surface area contributed by atoms with Crippen LogP contribution in [0.4, 0.5) is 0 Å². The molecule has 1 aliphatic carbocycles. The molecule has 0 N–H and O–H groups in total. The van der Waals surface area contributed by atoms with E-state index in [2.05, 4.69) is 33.8 Å². The van der Waals surface area contributed by atoms with E-state index < -0.39 is 0 Å². The van der Waals surface area contributed by atoms with Gasteiger partial charge in [-0.15, -0.1) is 0 Å². The Morgan fingerprint density at radius 1 is 1.29 bits per heavy atom. The summed E-state index contributed by atoms with van der Waals surface area (Å²) >= 11 is 1.97. The second-order valence-electron chi connectivity index (χ2n) is 6.48. The van der Waals surface area contributed by atoms with Crippen LogP contribution in [0.25, 0.3) is 0 Å². The molecule has 1 aliphatic rings. The molecule has 0 atom stereocenters. The Bertz CT molecular complexity index is 264. The van der Waals surface area contributed by atoms with Crippen LogP contribution in [0.5, 0.6) is 0 Å². The summed E-state index contributed by atoms with van der Waals surface area (Å²) in [6, 6.07) is 2.63. The highest BCUT2D eigenvalue weighted by molar-refractivity contribution is 7.99. The van der Waals surface area contributed by atoms with E-state index in [1.165, 1.54) is 18.6 Å². The number of hydrogen-bond donors (Lipinski definition) is 0. The van der Waals surface area contributed by atoms with Crippen molar-refractivity contribution >= 4 is 11.8 Å². The zero-order chi connectivity index (χ0) is 12.9. The molecule has 1 nitrogen and oxygen atoms in total. The molecule has 0 heterocycles. The van der Waals surface area contributed by atoms with Crippen LogP contribution in [-0.2, 0) is 0 Å². The van der Waals surface area contributed by atoms with Crippen LogP contribution < -0.4 is 0 Å². The lowest BCUT2D eigenvalue weighted by Crippen LogP contribution is -2.32. The Hall–Kier alpha value is -0.160. The summed E-state index contributed by atoms with van der Waals surface area (Å²) < 4.78 is 0. The van der Waals surface area contributed by atoms with E-state index in [0.29, 0.717) is 5.41 Å². The molecule has 0 saturated heterocycles. The summed E-state index contributed by atoms with van der Waals surface area (Å²) in [4.78, 5) is 0. The van der Waals surface area contributed by atoms with Crippen LogP contribution in [0.2, 0.25) is 0 Å². The molecular weight excluding hydrogens is 226 g/mol. The second kappa shape index (κ2) is 6.14. The van der Waals surface area contributed by atoms with Crippen molar-refractivity contribution in [1.29, 1.82) is 5.26 Å². The van der Waals surface area contributed by atoms with E-state index in [4.69, 9.17) is 0 Å². The van der Waals surface area contributed by atoms with Crippen LogP contribution in [-0.4, -0.2) is 11.5 Å². The average molecular weight is 253 g/mol. The Morgan fingerprint density at radius 2 is 1.88 bits per heavy atom. The fourth-order valence-corrected chi connectivity index (χ4v) is 3.69. The Morgan fingerprint density at radius 3 is 2.29 bits per heavy atom. The first-order valence-corrected chi connectivity index (χ1v) is 8.08. The van der Waals surface area contributed by atoms with E-state index in [1.54, 1.807) is 0 Å². The van der Waals surface area contributed by atoms with E-state index in [1.807, 2.05) is 11.8 Å². The highest BCUT2D eigenvalue weighted by Gasteiger charge is 2.38. The van der Waals surface area contributed by atoms with Gasteiger partial charge in [-0.3, -0.25) is 0 Å². The number of thioether (sulfide) groups is 1. The van der Waals surface area contributed by atoms with Crippen LogP contribution in [0.15, 0.2) is 0 Å². The first kappa shape index (κ1) is 14.9. The van der Waals surface area contributed by atoms with Crippen molar-refractivity contribution in [3.8, 4) is 6.07 Å². The lowest BCUT2D eigenvalue weighted by Gasteiger charge is -2.40. The summed E-state index contributed by atoms with van der Waals surface area (Å²) in [7, 11) is 0. The zero-order valence-electron chi connectivity index (χ0n) is 11.9. The molecule has 0 bridgehead atoms. The van der Waals surface area contributed by atoms with Crippen molar-refractivity contribution in [3.05, 3.63) is 0 Å². The highest BCUT2D eigenvalue weighted by atomic mass is 32.2. The summed E-state index contributed by atoms with van der Waals surface area (Å²) in [5.74, 6) is 3.14. The minimum atomic E-state index is 0.00389. The van der Waals surface area contributed by atoms with Gasteiger partial charge in [0.15, 0.2) is 0 Å². The van der Waals surface area contributed by atoms with Crippen LogP contribution in [0, 0.1) is 28.1 Å². The molecule has 0 unspecified atom stereocenters. The van der Waals surface area contributed by atoms with Crippen LogP contribution in [0.3, 0.4) is 0 Å². The maximum Gasteiger partial charge on any atom is 0.0690 e. The standard InChI is InChI=1S/C15H27NS/c1-5-17-11-10-15(12-16)8-6-13(7-9-15)14(2,3)4/h13H,5-11H2,1-4H3. The lowest BCUT2D eigenvalue weighted by atomic mass is 9.64. The van der Waals surface area contributed by atoms with Gasteiger partial charge in [-0.2, -0.15) is 17.0 Å². The lowest BCUT2D eigenvalue weighted by molar-refractivity contribution is 0.119. The van der Waals surface area contributed by atoms with Crippen LogP contribution >= 0.6 is 11.8 Å². The van der Waals surface area contributed by atoms with Gasteiger partial charge < -0.3 is 0 Å². The van der Waals surface area contributed by atoms with Gasteiger partial charge >= 0.3 is 0 Å². The van der Waals surface area contributed by atoms with Crippen molar-refractivity contribution in [2.75, 3.05) is 11.5 Å². The topological polar surface area (TPSA) is 23.8 Å². The van der Waals surface area contributed by atoms with E-state index in [-0.39, 0.29) is 5.41 Å². The third-order valence-electron chi connectivity index (χ3n) is 4.33. The Balaban J connectivity index is 2.49. The fraction of sp³-hybridized carbons (Fsp3) is 0.933. The molecule has 1 saturated carbocycles. The van der Waals surface area contributed by atoms with Gasteiger partial charge in [0.25, 0.3) is 0 Å². The third kappa shape index (κ3) is 4.21. The van der Waals surface area contributed by atoms with Gasteiger partial charge in [0.2, 0.25) is 0 Å². The first-order chi connectivity index (χ1) is 7.93. The minimum Gasteiger partial charge on any atom is -0.198 e. The molecule has 0 aromatic heterocycles. The molecule has 0 amide bonds. The van der Waals surface area contributed by atoms with Crippen molar-refractivity contribution in [1.82, 2.24) is 0 Å². The van der Waals surface area contributed by atoms with Gasteiger partial charge in [-0.1, -0.05) is 27.7 Å². The smallest absolute Gasteiger partial charge is 0.0690 e. The highest BCUT2D eigenvalue weighted by Crippen LogP contribution is 2.46. The molecular formula is C15H27NS. The molecule has 2 heteroatoms. The average Bonchev–Trinajstić information content (AvgIpc) is 2.29. The van der Waals surface area contributed by atoms with Crippen molar-refractivity contribution in [2.45, 2.75) is 59.8 Å². The van der Waals surface area contributed by atoms with Crippen molar-refractivity contribution in [2.24, 2.45) is 16.7 Å². The molecule has 0 aromatic rings. The molecule has 17 heavy (non-hydrogen) atoms. The predicted molar refractivity (Wildman–Crippen MR) is 77.1 cm³/mol. The van der Waals surface area contributed by atoms with Gasteiger partial charge in [0, 0.05) is 0 Å². The van der Waals surface area contributed by atoms with Gasteiger partial charge in [0.05, 0.1) is 11.5 Å². The van der Waals surface area contributed by atoms with E-state index in [9.17, 15) is 5.26 Å². The summed E-state index contributed by atoms with van der Waals surface area (Å²) in [6.45, 7) is 9.21. The zero-order valence-corrected chi connectivity index (χ0v) is 12.7. The quantitative estimate of drug-likeness (QED) is 0.667. The molecule has 1 fully saturated rings. The van der Waals surface area contributed by atoms with Crippen molar-refractivity contribution in [3.63, 3.8) is 0 Å². The van der Waals surface area contributed by atoms with Crippen LogP contribution in [0.1, 0.15) is 59.8 Å². The van der Waals surface area contributed by atoms with Crippen molar-refractivity contribution < 1.29 is 0 Å². The number of nitriles is 1. The molecule has 0 aliphatic heterocycles. The maximum atomic E-state index is 9.47. The molecule has 98 valence electrons. The van der Waals surface area contributed by atoms with Gasteiger partial charge in [-0.05, 0) is 54.9 Å². The summed E-state index contributed by atoms with van der Waals surface area (Å²) in [6.07, 6.45) is 5.83. The van der Waals surface area contributed by atoms with Gasteiger partial charge in [0.1, 0.15) is 0 Å². The maximum absolute atomic E-state index is 9.47. The fourth-order valence-electron chi connectivity index (χ4n) is 2.87. The SMILES string of the molecule is CCSCCC1(C#N)CCC(C(C)(C)C)CC1. The first-order valence-electron chi connectivity index (χ1n) is 6.92. The predicted octanol–water partition coefficient (Wildman–Crippen LogP) is 4.88.